The van der Waals surface area contributed by atoms with Gasteiger partial charge in [0.05, 0.1) is 15.9 Å². The highest BCUT2D eigenvalue weighted by molar-refractivity contribution is 7.20. The Bertz CT molecular complexity index is 1220. The molecule has 5 rings (SSSR count). The summed E-state index contributed by atoms with van der Waals surface area (Å²) in [5.74, 6) is 0.493. The first kappa shape index (κ1) is 18.1. The van der Waals surface area contributed by atoms with Crippen LogP contribution < -0.4 is 5.32 Å². The highest BCUT2D eigenvalue weighted by Gasteiger charge is 2.25. The average molecular weight is 421 g/mol. The minimum atomic E-state index is -0.220. The van der Waals surface area contributed by atoms with Gasteiger partial charge < -0.3 is 5.32 Å². The summed E-state index contributed by atoms with van der Waals surface area (Å²) in [5, 5.41) is 9.13. The van der Waals surface area contributed by atoms with E-state index in [0.717, 1.165) is 51.4 Å². The van der Waals surface area contributed by atoms with Gasteiger partial charge in [-0.2, -0.15) is 9.78 Å². The number of para-hydroxylation sites is 1. The van der Waals surface area contributed by atoms with Crippen LogP contribution in [0.2, 0.25) is 5.02 Å². The van der Waals surface area contributed by atoms with E-state index >= 15 is 0 Å². The van der Waals surface area contributed by atoms with Crippen LogP contribution in [0, 0.1) is 0 Å². The number of fused-ring (bicyclic) bond motifs is 2. The Morgan fingerprint density at radius 2 is 1.97 bits per heavy atom. The van der Waals surface area contributed by atoms with Crippen LogP contribution in [-0.2, 0) is 17.6 Å². The van der Waals surface area contributed by atoms with E-state index in [9.17, 15) is 4.79 Å². The Balaban J connectivity index is 1.48. The molecule has 0 aliphatic heterocycles. The molecule has 0 spiro atoms. The van der Waals surface area contributed by atoms with E-state index in [1.165, 1.54) is 6.08 Å². The number of nitrogens with one attached hydrogen (secondary N) is 1. The minimum absolute atomic E-state index is 0.220. The number of benzene rings is 2. The van der Waals surface area contributed by atoms with E-state index in [4.69, 9.17) is 21.7 Å². The summed E-state index contributed by atoms with van der Waals surface area (Å²) < 4.78 is 2.87. The molecule has 4 aromatic rings. The van der Waals surface area contributed by atoms with Gasteiger partial charge >= 0.3 is 0 Å². The molecule has 0 fully saturated rings. The smallest absolute Gasteiger partial charge is 0.249 e. The van der Waals surface area contributed by atoms with E-state index in [2.05, 4.69) is 5.32 Å². The van der Waals surface area contributed by atoms with Crippen LogP contribution in [-0.4, -0.2) is 20.7 Å². The first-order valence-electron chi connectivity index (χ1n) is 9.39. The monoisotopic (exact) mass is 420 g/mol. The van der Waals surface area contributed by atoms with E-state index in [0.29, 0.717) is 10.8 Å². The van der Waals surface area contributed by atoms with E-state index in [-0.39, 0.29) is 5.91 Å². The van der Waals surface area contributed by atoms with Gasteiger partial charge in [-0.1, -0.05) is 53.3 Å². The molecule has 0 radical (unpaired) electrons. The second-order valence-corrected chi connectivity index (χ2v) is 8.26. The van der Waals surface area contributed by atoms with Gasteiger partial charge in [0.25, 0.3) is 0 Å². The van der Waals surface area contributed by atoms with Gasteiger partial charge in [0.1, 0.15) is 5.82 Å². The van der Waals surface area contributed by atoms with Crippen molar-refractivity contribution in [2.24, 2.45) is 0 Å². The zero-order valence-electron chi connectivity index (χ0n) is 15.4. The van der Waals surface area contributed by atoms with Crippen molar-refractivity contribution in [3.63, 3.8) is 0 Å². The maximum Gasteiger partial charge on any atom is 0.249 e. The molecule has 1 amide bonds. The second kappa shape index (κ2) is 7.46. The van der Waals surface area contributed by atoms with Crippen molar-refractivity contribution in [1.82, 2.24) is 14.8 Å². The Hall–Kier alpha value is -2.96. The molecule has 5 nitrogen and oxygen atoms in total. The van der Waals surface area contributed by atoms with Crippen molar-refractivity contribution < 1.29 is 4.79 Å². The molecule has 2 aromatic heterocycles. The molecule has 0 saturated carbocycles. The first-order chi connectivity index (χ1) is 14.2. The van der Waals surface area contributed by atoms with Crippen LogP contribution in [0.4, 0.5) is 5.82 Å². The lowest BCUT2D eigenvalue weighted by atomic mass is 10.2. The summed E-state index contributed by atoms with van der Waals surface area (Å²) in [7, 11) is 0. The van der Waals surface area contributed by atoms with Crippen molar-refractivity contribution in [2.45, 2.75) is 19.3 Å². The fourth-order valence-corrected chi connectivity index (χ4v) is 4.67. The summed E-state index contributed by atoms with van der Waals surface area (Å²) in [4.78, 5) is 17.4. The quantitative estimate of drug-likeness (QED) is 0.457. The third-order valence-corrected chi connectivity index (χ3v) is 6.29. The first-order valence-corrected chi connectivity index (χ1v) is 10.6. The summed E-state index contributed by atoms with van der Waals surface area (Å²) >= 11 is 7.73. The summed E-state index contributed by atoms with van der Waals surface area (Å²) in [6.45, 7) is 0. The number of amides is 1. The number of hydrogen-bond acceptors (Lipinski definition) is 4. The summed E-state index contributed by atoms with van der Waals surface area (Å²) in [6.07, 6.45) is 6.10. The van der Waals surface area contributed by atoms with E-state index in [1.54, 1.807) is 28.2 Å². The lowest BCUT2D eigenvalue weighted by Crippen LogP contribution is -2.13. The number of aromatic nitrogens is 3. The molecule has 2 heterocycles. The molecule has 0 atom stereocenters. The molecule has 29 heavy (non-hydrogen) atoms. The number of halogens is 1. The number of carbonyl (C=O) groups excluding carboxylic acids is 1. The fraction of sp³-hybridized carbons (Fsp3) is 0.136. The fourth-order valence-electron chi connectivity index (χ4n) is 3.54. The van der Waals surface area contributed by atoms with Gasteiger partial charge in [0.2, 0.25) is 11.0 Å². The van der Waals surface area contributed by atoms with Gasteiger partial charge in [0.15, 0.2) is 0 Å². The topological polar surface area (TPSA) is 59.8 Å². The largest absolute Gasteiger partial charge is 0.307 e. The van der Waals surface area contributed by atoms with Gasteiger partial charge in [-0.3, -0.25) is 4.79 Å². The molecule has 144 valence electrons. The van der Waals surface area contributed by atoms with E-state index in [1.807, 2.05) is 42.5 Å². The molecular formula is C22H17ClN4OS. The van der Waals surface area contributed by atoms with Crippen LogP contribution in [0.5, 0.6) is 0 Å². The van der Waals surface area contributed by atoms with Crippen LogP contribution in [0.1, 0.15) is 23.2 Å². The SMILES string of the molecule is O=C(/C=C/c1ccccc1Cl)Nc1c2c(nn1-c1nc3ccccc3s1)CCC2. The van der Waals surface area contributed by atoms with Crippen LogP contribution in [0.15, 0.2) is 54.6 Å². The Kier molecular flexibility index (Phi) is 4.66. The summed E-state index contributed by atoms with van der Waals surface area (Å²) in [5.41, 5.74) is 3.87. The van der Waals surface area contributed by atoms with Gasteiger partial charge in [-0.05, 0) is 49.1 Å². The average Bonchev–Trinajstić information content (AvgIpc) is 3.42. The summed E-state index contributed by atoms with van der Waals surface area (Å²) in [6, 6.07) is 15.4. The van der Waals surface area contributed by atoms with Crippen molar-refractivity contribution in [2.75, 3.05) is 5.32 Å². The van der Waals surface area contributed by atoms with Crippen LogP contribution >= 0.6 is 22.9 Å². The van der Waals surface area contributed by atoms with Crippen molar-refractivity contribution in [3.05, 3.63) is 76.5 Å². The molecule has 1 N–H and O–H groups in total. The molecule has 7 heteroatoms. The third kappa shape index (κ3) is 3.45. The van der Waals surface area contributed by atoms with Gasteiger partial charge in [-0.15, -0.1) is 0 Å². The van der Waals surface area contributed by atoms with Crippen LogP contribution in [0.3, 0.4) is 0 Å². The van der Waals surface area contributed by atoms with Crippen molar-refractivity contribution in [1.29, 1.82) is 0 Å². The lowest BCUT2D eigenvalue weighted by Gasteiger charge is -2.07. The molecule has 2 aromatic carbocycles. The molecule has 1 aliphatic rings. The lowest BCUT2D eigenvalue weighted by molar-refractivity contribution is -0.111. The molecular weight excluding hydrogens is 404 g/mol. The highest BCUT2D eigenvalue weighted by Crippen LogP contribution is 2.33. The number of aryl methyl sites for hydroxylation is 1. The number of hydrogen-bond donors (Lipinski definition) is 1. The third-order valence-electron chi connectivity index (χ3n) is 4.93. The zero-order valence-corrected chi connectivity index (χ0v) is 17.0. The number of carbonyl (C=O) groups is 1. The normalized spacial score (nSPS) is 13.3. The molecule has 0 bridgehead atoms. The molecule has 0 saturated heterocycles. The van der Waals surface area contributed by atoms with Crippen molar-refractivity contribution >= 4 is 51.0 Å². The second-order valence-electron chi connectivity index (χ2n) is 6.85. The maximum absolute atomic E-state index is 12.7. The highest BCUT2D eigenvalue weighted by atomic mass is 35.5. The Labute approximate surface area is 176 Å². The number of thiazole rings is 1. The van der Waals surface area contributed by atoms with Crippen molar-refractivity contribution in [3.8, 4) is 5.13 Å². The predicted octanol–water partition coefficient (Wildman–Crippen LogP) is 5.28. The number of anilines is 1. The number of rotatable bonds is 4. The standard InChI is InChI=1S/C22H17ClN4OS/c23-16-8-2-1-6-14(16)12-13-20(28)25-21-15-7-5-10-17(15)26-27(21)22-24-18-9-3-4-11-19(18)29-22/h1-4,6,8-9,11-13H,5,7,10H2,(H,25,28)/b13-12+. The predicted molar refractivity (Wildman–Crippen MR) is 118 cm³/mol. The Morgan fingerprint density at radius 3 is 2.83 bits per heavy atom. The molecule has 1 aliphatic carbocycles. The zero-order chi connectivity index (χ0) is 19.8. The maximum atomic E-state index is 12.7. The van der Waals surface area contributed by atoms with E-state index < -0.39 is 0 Å². The van der Waals surface area contributed by atoms with Crippen LogP contribution in [0.25, 0.3) is 21.4 Å². The van der Waals surface area contributed by atoms with Gasteiger partial charge in [0, 0.05) is 16.7 Å². The minimum Gasteiger partial charge on any atom is -0.307 e. The van der Waals surface area contributed by atoms with Gasteiger partial charge in [-0.25, -0.2) is 4.98 Å². The number of nitrogens with zero attached hydrogens (tertiary/aromatic N) is 3. The molecule has 0 unspecified atom stereocenters. The Morgan fingerprint density at radius 1 is 1.14 bits per heavy atom.